The maximum Gasteiger partial charge on any atom is 0.336 e. The van der Waals surface area contributed by atoms with Crippen LogP contribution in [0.15, 0.2) is 11.6 Å². The van der Waals surface area contributed by atoms with Crippen molar-refractivity contribution < 1.29 is 14.3 Å². The van der Waals surface area contributed by atoms with Crippen LogP contribution in [-0.2, 0) is 14.3 Å². The molecule has 0 aromatic rings. The number of esters is 1. The molecule has 1 amide bonds. The molecule has 0 spiro atoms. The van der Waals surface area contributed by atoms with Crippen LogP contribution in [-0.4, -0.2) is 47.6 Å². The smallest absolute Gasteiger partial charge is 0.336 e. The molecular formula is C11H18N2O3S. The van der Waals surface area contributed by atoms with Gasteiger partial charge in [0.2, 0.25) is 5.91 Å². The summed E-state index contributed by atoms with van der Waals surface area (Å²) in [4.78, 5) is 25.1. The van der Waals surface area contributed by atoms with Gasteiger partial charge in [0.25, 0.3) is 0 Å². The highest BCUT2D eigenvalue weighted by Crippen LogP contribution is 2.40. The SMILES string of the molecule is CCOC(=O)C1=CC(C)(C(=O)N(C)C)SC1N. The van der Waals surface area contributed by atoms with Crippen LogP contribution >= 0.6 is 11.8 Å². The summed E-state index contributed by atoms with van der Waals surface area (Å²) in [5.74, 6) is -0.528. The lowest BCUT2D eigenvalue weighted by Crippen LogP contribution is -2.39. The fraction of sp³-hybridized carbons (Fsp3) is 0.636. The van der Waals surface area contributed by atoms with Crippen LogP contribution in [0.4, 0.5) is 0 Å². The molecule has 5 nitrogen and oxygen atoms in total. The third-order valence-corrected chi connectivity index (χ3v) is 3.74. The first kappa shape index (κ1) is 14.1. The van der Waals surface area contributed by atoms with Gasteiger partial charge in [-0.3, -0.25) is 4.79 Å². The van der Waals surface area contributed by atoms with Gasteiger partial charge in [0.15, 0.2) is 0 Å². The van der Waals surface area contributed by atoms with Crippen LogP contribution in [0.2, 0.25) is 0 Å². The number of nitrogens with two attached hydrogens (primary N) is 1. The molecular weight excluding hydrogens is 240 g/mol. The molecule has 6 heteroatoms. The standard InChI is InChI=1S/C11H18N2O3S/c1-5-16-9(14)7-6-11(2,17-8(7)12)10(15)13(3)4/h6,8H,5,12H2,1-4H3. The maximum atomic E-state index is 12.0. The van der Waals surface area contributed by atoms with Crippen molar-refractivity contribution in [3.63, 3.8) is 0 Å². The summed E-state index contributed by atoms with van der Waals surface area (Å²) in [7, 11) is 3.35. The summed E-state index contributed by atoms with van der Waals surface area (Å²) >= 11 is 1.26. The highest BCUT2D eigenvalue weighted by molar-refractivity contribution is 8.02. The van der Waals surface area contributed by atoms with Gasteiger partial charge in [-0.05, 0) is 19.9 Å². The van der Waals surface area contributed by atoms with E-state index in [1.54, 1.807) is 34.0 Å². The Kier molecular flexibility index (Phi) is 4.21. The van der Waals surface area contributed by atoms with Crippen molar-refractivity contribution in [2.24, 2.45) is 5.73 Å². The van der Waals surface area contributed by atoms with Crippen LogP contribution < -0.4 is 5.73 Å². The molecule has 0 saturated carbocycles. The predicted octanol–water partition coefficient (Wildman–Crippen LogP) is 0.354. The molecule has 2 atom stereocenters. The molecule has 1 heterocycles. The van der Waals surface area contributed by atoms with Crippen molar-refractivity contribution >= 4 is 23.6 Å². The quantitative estimate of drug-likeness (QED) is 0.740. The van der Waals surface area contributed by atoms with Gasteiger partial charge in [0.1, 0.15) is 4.75 Å². The largest absolute Gasteiger partial charge is 0.463 e. The number of hydrogen-bond acceptors (Lipinski definition) is 5. The fourth-order valence-corrected chi connectivity index (χ4v) is 2.98. The molecule has 0 aromatic carbocycles. The Morgan fingerprint density at radius 1 is 1.59 bits per heavy atom. The summed E-state index contributed by atoms with van der Waals surface area (Å²) in [6.07, 6.45) is 1.61. The van der Waals surface area contributed by atoms with Crippen LogP contribution in [0.5, 0.6) is 0 Å². The number of thioether (sulfide) groups is 1. The molecule has 0 fully saturated rings. The van der Waals surface area contributed by atoms with Crippen molar-refractivity contribution in [3.05, 3.63) is 11.6 Å². The Morgan fingerprint density at radius 3 is 2.65 bits per heavy atom. The van der Waals surface area contributed by atoms with Crippen LogP contribution in [0.1, 0.15) is 13.8 Å². The Balaban J connectivity index is 2.95. The molecule has 0 saturated heterocycles. The molecule has 1 aliphatic rings. The van der Waals surface area contributed by atoms with Gasteiger partial charge in [0, 0.05) is 14.1 Å². The lowest BCUT2D eigenvalue weighted by molar-refractivity contribution is -0.138. The van der Waals surface area contributed by atoms with E-state index in [0.717, 1.165) is 0 Å². The lowest BCUT2D eigenvalue weighted by atomic mass is 10.1. The average Bonchev–Trinajstić information content (AvgIpc) is 2.54. The number of ether oxygens (including phenoxy) is 1. The van der Waals surface area contributed by atoms with Crippen molar-refractivity contribution in [1.29, 1.82) is 0 Å². The zero-order valence-corrected chi connectivity index (χ0v) is 11.3. The number of amides is 1. The Labute approximate surface area is 105 Å². The molecule has 96 valence electrons. The molecule has 0 aliphatic carbocycles. The maximum absolute atomic E-state index is 12.0. The Bertz CT molecular complexity index is 368. The first-order valence-electron chi connectivity index (χ1n) is 5.37. The van der Waals surface area contributed by atoms with E-state index in [1.807, 2.05) is 0 Å². The van der Waals surface area contributed by atoms with Crippen molar-refractivity contribution in [2.45, 2.75) is 24.0 Å². The fourth-order valence-electron chi connectivity index (χ4n) is 1.69. The monoisotopic (exact) mass is 258 g/mol. The minimum atomic E-state index is -0.787. The zero-order chi connectivity index (χ0) is 13.2. The number of rotatable bonds is 3. The summed E-state index contributed by atoms with van der Waals surface area (Å²) in [6.45, 7) is 3.79. The van der Waals surface area contributed by atoms with Crippen LogP contribution in [0.25, 0.3) is 0 Å². The second kappa shape index (κ2) is 5.10. The summed E-state index contributed by atoms with van der Waals surface area (Å²) in [5.41, 5.74) is 6.22. The topological polar surface area (TPSA) is 72.6 Å². The first-order chi connectivity index (χ1) is 7.81. The number of carbonyl (C=O) groups excluding carboxylic acids is 2. The predicted molar refractivity (Wildman–Crippen MR) is 67.4 cm³/mol. The van der Waals surface area contributed by atoms with E-state index in [4.69, 9.17) is 10.5 Å². The minimum absolute atomic E-state index is 0.0859. The third-order valence-electron chi connectivity index (χ3n) is 2.45. The first-order valence-corrected chi connectivity index (χ1v) is 6.25. The van der Waals surface area contributed by atoms with Gasteiger partial charge in [0.05, 0.1) is 17.6 Å². The molecule has 2 unspecified atom stereocenters. The van der Waals surface area contributed by atoms with Gasteiger partial charge >= 0.3 is 5.97 Å². The summed E-state index contributed by atoms with van der Waals surface area (Å²) < 4.78 is 4.12. The number of carbonyl (C=O) groups is 2. The van der Waals surface area contributed by atoms with Gasteiger partial charge in [-0.25, -0.2) is 4.79 Å². The van der Waals surface area contributed by atoms with Gasteiger partial charge in [-0.15, -0.1) is 11.8 Å². The van der Waals surface area contributed by atoms with E-state index in [2.05, 4.69) is 0 Å². The molecule has 1 aliphatic heterocycles. The Morgan fingerprint density at radius 2 is 2.18 bits per heavy atom. The van der Waals surface area contributed by atoms with Crippen LogP contribution in [0.3, 0.4) is 0 Å². The molecule has 0 bridgehead atoms. The highest BCUT2D eigenvalue weighted by Gasteiger charge is 2.43. The van der Waals surface area contributed by atoms with Crippen molar-refractivity contribution in [2.75, 3.05) is 20.7 Å². The second-order valence-electron chi connectivity index (χ2n) is 4.17. The summed E-state index contributed by atoms with van der Waals surface area (Å²) in [5, 5.41) is -0.511. The van der Waals surface area contributed by atoms with Gasteiger partial charge < -0.3 is 15.4 Å². The molecule has 0 radical (unpaired) electrons. The van der Waals surface area contributed by atoms with E-state index in [9.17, 15) is 9.59 Å². The van der Waals surface area contributed by atoms with Crippen LogP contribution in [0, 0.1) is 0 Å². The van der Waals surface area contributed by atoms with E-state index in [-0.39, 0.29) is 5.91 Å². The van der Waals surface area contributed by atoms with Crippen molar-refractivity contribution in [3.8, 4) is 0 Å². The number of hydrogen-bond donors (Lipinski definition) is 1. The number of nitrogens with zero attached hydrogens (tertiary/aromatic N) is 1. The Hall–Kier alpha value is -1.01. The lowest BCUT2D eigenvalue weighted by Gasteiger charge is -2.24. The van der Waals surface area contributed by atoms with Gasteiger partial charge in [-0.2, -0.15) is 0 Å². The molecule has 1 rings (SSSR count). The zero-order valence-electron chi connectivity index (χ0n) is 10.5. The highest BCUT2D eigenvalue weighted by atomic mass is 32.2. The normalized spacial score (nSPS) is 27.6. The molecule has 0 aromatic heterocycles. The summed E-state index contributed by atoms with van der Waals surface area (Å²) in [6, 6.07) is 0. The average molecular weight is 258 g/mol. The molecule has 17 heavy (non-hydrogen) atoms. The van der Waals surface area contributed by atoms with E-state index in [1.165, 1.54) is 16.7 Å². The van der Waals surface area contributed by atoms with E-state index in [0.29, 0.717) is 12.2 Å². The second-order valence-corrected chi connectivity index (χ2v) is 5.76. The van der Waals surface area contributed by atoms with E-state index >= 15 is 0 Å². The minimum Gasteiger partial charge on any atom is -0.463 e. The van der Waals surface area contributed by atoms with Gasteiger partial charge in [-0.1, -0.05) is 0 Å². The molecule has 2 N–H and O–H groups in total. The van der Waals surface area contributed by atoms with Crippen molar-refractivity contribution in [1.82, 2.24) is 4.90 Å². The van der Waals surface area contributed by atoms with E-state index < -0.39 is 16.1 Å². The third kappa shape index (κ3) is 2.81.